The zero-order valence-corrected chi connectivity index (χ0v) is 23.6. The molecule has 2 amide bonds. The fourth-order valence-corrected chi connectivity index (χ4v) is 5.41. The van der Waals surface area contributed by atoms with Gasteiger partial charge in [-0.25, -0.2) is 0 Å². The highest BCUT2D eigenvalue weighted by Gasteiger charge is 2.28. The van der Waals surface area contributed by atoms with Crippen molar-refractivity contribution in [1.82, 2.24) is 9.80 Å². The van der Waals surface area contributed by atoms with Crippen molar-refractivity contribution in [3.05, 3.63) is 76.0 Å². The Hall–Kier alpha value is -3.56. The Morgan fingerprint density at radius 1 is 0.949 bits per heavy atom. The van der Waals surface area contributed by atoms with Crippen molar-refractivity contribution in [2.45, 2.75) is 31.9 Å². The van der Waals surface area contributed by atoms with Crippen molar-refractivity contribution < 1.29 is 28.5 Å². The second-order valence-corrected chi connectivity index (χ2v) is 10.4. The van der Waals surface area contributed by atoms with Crippen LogP contribution in [-0.2, 0) is 22.5 Å². The third-order valence-electron chi connectivity index (χ3n) is 6.80. The third-order valence-corrected chi connectivity index (χ3v) is 7.66. The molecule has 2 heterocycles. The molecule has 4 rings (SSSR count). The van der Waals surface area contributed by atoms with Gasteiger partial charge in [0.25, 0.3) is 5.91 Å². The van der Waals surface area contributed by atoms with Crippen LogP contribution in [0.3, 0.4) is 0 Å². The van der Waals surface area contributed by atoms with Gasteiger partial charge in [-0.2, -0.15) is 0 Å². The third kappa shape index (κ3) is 7.52. The van der Waals surface area contributed by atoms with Crippen LogP contribution in [0.5, 0.6) is 17.2 Å². The number of hydrogen-bond donors (Lipinski definition) is 0. The van der Waals surface area contributed by atoms with Crippen LogP contribution in [0, 0.1) is 0 Å². The van der Waals surface area contributed by atoms with Gasteiger partial charge >= 0.3 is 0 Å². The molecule has 208 valence electrons. The fraction of sp³-hybridized carbons (Fsp3) is 0.400. The molecule has 0 N–H and O–H groups in total. The SMILES string of the molecule is COc1ccc(CCN(Cc2cccs2)C(=O)CN(CC2CCCO2)C(=O)c2ccccc2OC)cc1OC. The van der Waals surface area contributed by atoms with Gasteiger partial charge in [-0.15, -0.1) is 11.3 Å². The number of rotatable bonds is 13. The predicted molar refractivity (Wildman–Crippen MR) is 151 cm³/mol. The lowest BCUT2D eigenvalue weighted by atomic mass is 10.1. The summed E-state index contributed by atoms with van der Waals surface area (Å²) in [5.74, 6) is 1.43. The number of nitrogens with zero attached hydrogens (tertiary/aromatic N) is 2. The minimum absolute atomic E-state index is 0.0476. The van der Waals surface area contributed by atoms with Gasteiger partial charge in [0.1, 0.15) is 12.3 Å². The molecule has 1 fully saturated rings. The first kappa shape index (κ1) is 28.4. The number of ether oxygens (including phenoxy) is 4. The summed E-state index contributed by atoms with van der Waals surface area (Å²) in [5, 5.41) is 2.00. The van der Waals surface area contributed by atoms with Gasteiger partial charge in [0.05, 0.1) is 39.5 Å². The fourth-order valence-electron chi connectivity index (χ4n) is 4.69. The van der Waals surface area contributed by atoms with E-state index in [1.165, 1.54) is 0 Å². The van der Waals surface area contributed by atoms with Crippen LogP contribution in [0.2, 0.25) is 0 Å². The molecular weight excluding hydrogens is 516 g/mol. The second-order valence-electron chi connectivity index (χ2n) is 9.35. The van der Waals surface area contributed by atoms with Crippen LogP contribution in [-0.4, -0.2) is 75.3 Å². The number of hydrogen-bond acceptors (Lipinski definition) is 7. The molecule has 8 nitrogen and oxygen atoms in total. The second kappa shape index (κ2) is 14.0. The average molecular weight is 553 g/mol. The molecule has 0 radical (unpaired) electrons. The Labute approximate surface area is 234 Å². The minimum Gasteiger partial charge on any atom is -0.496 e. The normalized spacial score (nSPS) is 14.6. The first-order chi connectivity index (χ1) is 19.0. The lowest BCUT2D eigenvalue weighted by Crippen LogP contribution is -2.46. The molecule has 39 heavy (non-hydrogen) atoms. The Morgan fingerprint density at radius 2 is 1.74 bits per heavy atom. The number of para-hydroxylation sites is 1. The smallest absolute Gasteiger partial charge is 0.258 e. The number of carbonyl (C=O) groups is 2. The summed E-state index contributed by atoms with van der Waals surface area (Å²) in [6.07, 6.45) is 2.35. The summed E-state index contributed by atoms with van der Waals surface area (Å²) >= 11 is 1.61. The Balaban J connectivity index is 1.54. The maximum atomic E-state index is 13.8. The monoisotopic (exact) mass is 552 g/mol. The zero-order valence-electron chi connectivity index (χ0n) is 22.8. The summed E-state index contributed by atoms with van der Waals surface area (Å²) < 4.78 is 22.1. The number of amides is 2. The maximum absolute atomic E-state index is 13.8. The number of benzene rings is 2. The van der Waals surface area contributed by atoms with E-state index in [4.69, 9.17) is 18.9 Å². The van der Waals surface area contributed by atoms with Gasteiger partial charge in [0.2, 0.25) is 5.91 Å². The molecule has 1 atom stereocenters. The molecule has 0 bridgehead atoms. The molecule has 2 aromatic carbocycles. The zero-order chi connectivity index (χ0) is 27.6. The Bertz CT molecular complexity index is 1230. The lowest BCUT2D eigenvalue weighted by Gasteiger charge is -2.29. The predicted octanol–water partition coefficient (Wildman–Crippen LogP) is 4.67. The largest absolute Gasteiger partial charge is 0.496 e. The van der Waals surface area contributed by atoms with E-state index in [-0.39, 0.29) is 24.5 Å². The number of methoxy groups -OCH3 is 3. The summed E-state index contributed by atoms with van der Waals surface area (Å²) in [4.78, 5) is 32.0. The molecule has 0 aliphatic carbocycles. The van der Waals surface area contributed by atoms with Gasteiger partial charge in [0.15, 0.2) is 11.5 Å². The maximum Gasteiger partial charge on any atom is 0.258 e. The van der Waals surface area contributed by atoms with Gasteiger partial charge in [-0.05, 0) is 60.5 Å². The Morgan fingerprint density at radius 3 is 2.44 bits per heavy atom. The van der Waals surface area contributed by atoms with E-state index >= 15 is 0 Å². The van der Waals surface area contributed by atoms with Crippen LogP contribution < -0.4 is 14.2 Å². The molecule has 1 aliphatic heterocycles. The molecule has 1 aliphatic rings. The molecular formula is C30H36N2O6S. The van der Waals surface area contributed by atoms with Crippen molar-refractivity contribution in [2.24, 2.45) is 0 Å². The summed E-state index contributed by atoms with van der Waals surface area (Å²) in [6, 6.07) is 16.9. The van der Waals surface area contributed by atoms with Crippen LogP contribution in [0.1, 0.15) is 33.6 Å². The quantitative estimate of drug-likeness (QED) is 0.307. The minimum atomic E-state index is -0.243. The highest BCUT2D eigenvalue weighted by Crippen LogP contribution is 2.28. The van der Waals surface area contributed by atoms with Crippen LogP contribution in [0.4, 0.5) is 0 Å². The van der Waals surface area contributed by atoms with Crippen molar-refractivity contribution >= 4 is 23.2 Å². The summed E-state index contributed by atoms with van der Waals surface area (Å²) in [5.41, 5.74) is 1.46. The van der Waals surface area contributed by atoms with Gasteiger partial charge in [-0.3, -0.25) is 9.59 Å². The van der Waals surface area contributed by atoms with E-state index in [2.05, 4.69) is 0 Å². The number of thiophene rings is 1. The van der Waals surface area contributed by atoms with E-state index in [1.54, 1.807) is 55.8 Å². The van der Waals surface area contributed by atoms with Crippen molar-refractivity contribution in [2.75, 3.05) is 47.6 Å². The molecule has 1 aromatic heterocycles. The van der Waals surface area contributed by atoms with E-state index in [1.807, 2.05) is 46.7 Å². The van der Waals surface area contributed by atoms with Gasteiger partial charge in [-0.1, -0.05) is 24.3 Å². The van der Waals surface area contributed by atoms with E-state index in [0.29, 0.717) is 55.5 Å². The van der Waals surface area contributed by atoms with Crippen LogP contribution in [0.25, 0.3) is 0 Å². The molecule has 9 heteroatoms. The summed E-state index contributed by atoms with van der Waals surface area (Å²) in [6.45, 7) is 1.94. The van der Waals surface area contributed by atoms with Crippen LogP contribution >= 0.6 is 11.3 Å². The summed E-state index contributed by atoms with van der Waals surface area (Å²) in [7, 11) is 4.75. The van der Waals surface area contributed by atoms with E-state index in [9.17, 15) is 9.59 Å². The molecule has 0 saturated carbocycles. The van der Waals surface area contributed by atoms with Gasteiger partial charge in [0, 0.05) is 24.6 Å². The highest BCUT2D eigenvalue weighted by molar-refractivity contribution is 7.09. The lowest BCUT2D eigenvalue weighted by molar-refractivity contribution is -0.132. The van der Waals surface area contributed by atoms with E-state index < -0.39 is 0 Å². The first-order valence-electron chi connectivity index (χ1n) is 13.1. The van der Waals surface area contributed by atoms with Crippen molar-refractivity contribution in [3.8, 4) is 17.2 Å². The first-order valence-corrected chi connectivity index (χ1v) is 13.9. The van der Waals surface area contributed by atoms with Crippen LogP contribution in [0.15, 0.2) is 60.0 Å². The van der Waals surface area contributed by atoms with E-state index in [0.717, 1.165) is 23.3 Å². The van der Waals surface area contributed by atoms with Crippen molar-refractivity contribution in [3.63, 3.8) is 0 Å². The Kier molecular flexibility index (Phi) is 10.2. The van der Waals surface area contributed by atoms with Gasteiger partial charge < -0.3 is 28.7 Å². The molecule has 0 spiro atoms. The average Bonchev–Trinajstić information content (AvgIpc) is 3.69. The molecule has 3 aromatic rings. The van der Waals surface area contributed by atoms with Crippen molar-refractivity contribution in [1.29, 1.82) is 0 Å². The standard InChI is InChI=1S/C30H36N2O6S/c1-35-26-11-5-4-10-25(26)30(34)32(19-23-8-6-16-38-23)21-29(33)31(20-24-9-7-17-39-24)15-14-22-12-13-27(36-2)28(18-22)37-3/h4-5,7,9-13,17-18,23H,6,8,14-16,19-21H2,1-3H3. The topological polar surface area (TPSA) is 77.5 Å². The molecule has 1 saturated heterocycles. The highest BCUT2D eigenvalue weighted by atomic mass is 32.1. The molecule has 1 unspecified atom stereocenters. The number of carbonyl (C=O) groups excluding carboxylic acids is 2.